The third-order valence-corrected chi connectivity index (χ3v) is 5.95. The zero-order chi connectivity index (χ0) is 22.1. The fourth-order valence-corrected chi connectivity index (χ4v) is 4.24. The molecule has 0 bridgehead atoms. The number of aromatic nitrogens is 1. The van der Waals surface area contributed by atoms with Gasteiger partial charge in [0.25, 0.3) is 5.91 Å². The summed E-state index contributed by atoms with van der Waals surface area (Å²) in [4.78, 5) is 34.7. The second-order valence-electron chi connectivity index (χ2n) is 8.11. The highest BCUT2D eigenvalue weighted by molar-refractivity contribution is 5.96. The number of aryl methyl sites for hydroxylation is 2. The van der Waals surface area contributed by atoms with E-state index >= 15 is 0 Å². The lowest BCUT2D eigenvalue weighted by atomic mass is 10.1. The van der Waals surface area contributed by atoms with Crippen molar-refractivity contribution >= 4 is 23.5 Å². The van der Waals surface area contributed by atoms with Crippen LogP contribution in [0.5, 0.6) is 0 Å². The molecule has 0 saturated carbocycles. The quantitative estimate of drug-likeness (QED) is 0.748. The van der Waals surface area contributed by atoms with E-state index in [2.05, 4.69) is 16.0 Å². The summed E-state index contributed by atoms with van der Waals surface area (Å²) in [6.07, 6.45) is 2.06. The molecule has 0 spiro atoms. The minimum absolute atomic E-state index is 0.0162. The van der Waals surface area contributed by atoms with Gasteiger partial charge in [-0.3, -0.25) is 9.69 Å². The van der Waals surface area contributed by atoms with Crippen molar-refractivity contribution < 1.29 is 18.7 Å². The van der Waals surface area contributed by atoms with Crippen LogP contribution >= 0.6 is 0 Å². The number of benzene rings is 1. The van der Waals surface area contributed by atoms with E-state index < -0.39 is 11.9 Å². The Bertz CT molecular complexity index is 1000. The van der Waals surface area contributed by atoms with Crippen LogP contribution in [0, 0.1) is 19.7 Å². The number of pyridine rings is 1. The van der Waals surface area contributed by atoms with Crippen LogP contribution in [-0.2, 0) is 4.74 Å². The number of ether oxygens (including phenoxy) is 1. The van der Waals surface area contributed by atoms with Gasteiger partial charge in [0.05, 0.1) is 17.3 Å². The number of cyclic esters (lactones) is 1. The third kappa shape index (κ3) is 4.06. The summed E-state index contributed by atoms with van der Waals surface area (Å²) in [6, 6.07) is 6.29. The van der Waals surface area contributed by atoms with E-state index in [4.69, 9.17) is 4.74 Å². The van der Waals surface area contributed by atoms with Gasteiger partial charge in [-0.05, 0) is 49.6 Å². The number of halogens is 1. The number of rotatable bonds is 4. The van der Waals surface area contributed by atoms with Crippen LogP contribution in [0.1, 0.15) is 34.8 Å². The second kappa shape index (κ2) is 8.53. The number of nitrogens with zero attached hydrogens (tertiary/aromatic N) is 4. The first-order chi connectivity index (χ1) is 14.9. The Morgan fingerprint density at radius 3 is 2.58 bits per heavy atom. The summed E-state index contributed by atoms with van der Waals surface area (Å²) in [5.41, 5.74) is 2.64. The molecule has 1 aromatic heterocycles. The highest BCUT2D eigenvalue weighted by atomic mass is 19.1. The minimum Gasteiger partial charge on any atom is -0.447 e. The number of carbonyl (C=O) groups is 2. The van der Waals surface area contributed by atoms with Crippen LogP contribution in [0.2, 0.25) is 0 Å². The van der Waals surface area contributed by atoms with E-state index in [0.717, 1.165) is 16.9 Å². The van der Waals surface area contributed by atoms with Crippen LogP contribution < -0.4 is 9.80 Å². The van der Waals surface area contributed by atoms with Gasteiger partial charge < -0.3 is 14.5 Å². The topological polar surface area (TPSA) is 66.0 Å². The number of amides is 2. The van der Waals surface area contributed by atoms with Gasteiger partial charge in [0, 0.05) is 32.4 Å². The molecule has 2 aliphatic heterocycles. The number of carbonyl (C=O) groups excluding carboxylic acids is 2. The van der Waals surface area contributed by atoms with Gasteiger partial charge in [0.1, 0.15) is 18.2 Å². The van der Waals surface area contributed by atoms with E-state index in [1.807, 2.05) is 27.0 Å². The molecule has 1 atom stereocenters. The SMILES string of the molecule is CCC1COC(=O)N1c1ccc(C(=O)N2CCN(c3ncc(C)cc3C)CC2)c(F)c1. The Morgan fingerprint density at radius 2 is 1.94 bits per heavy atom. The lowest BCUT2D eigenvalue weighted by molar-refractivity contribution is 0.0742. The number of piperazine rings is 1. The van der Waals surface area contributed by atoms with E-state index in [-0.39, 0.29) is 24.1 Å². The van der Waals surface area contributed by atoms with Crippen LogP contribution in [0.15, 0.2) is 30.5 Å². The second-order valence-corrected chi connectivity index (χ2v) is 8.11. The molecule has 4 rings (SSSR count). The van der Waals surface area contributed by atoms with Crippen LogP contribution in [0.25, 0.3) is 0 Å². The maximum absolute atomic E-state index is 14.9. The van der Waals surface area contributed by atoms with Crippen molar-refractivity contribution in [1.29, 1.82) is 0 Å². The highest BCUT2D eigenvalue weighted by Gasteiger charge is 2.34. The van der Waals surface area contributed by atoms with Gasteiger partial charge >= 0.3 is 6.09 Å². The first-order valence-electron chi connectivity index (χ1n) is 10.6. The molecule has 8 heteroatoms. The fourth-order valence-electron chi connectivity index (χ4n) is 4.24. The van der Waals surface area contributed by atoms with Gasteiger partial charge in [-0.1, -0.05) is 13.0 Å². The molecule has 1 aromatic carbocycles. The zero-order valence-electron chi connectivity index (χ0n) is 18.1. The molecule has 1 unspecified atom stereocenters. The van der Waals surface area contributed by atoms with Gasteiger partial charge in [-0.25, -0.2) is 14.2 Å². The summed E-state index contributed by atoms with van der Waals surface area (Å²) in [5, 5.41) is 0. The summed E-state index contributed by atoms with van der Waals surface area (Å²) in [5.74, 6) is -0.0416. The molecule has 7 nitrogen and oxygen atoms in total. The summed E-state index contributed by atoms with van der Waals surface area (Å²) in [7, 11) is 0. The first-order valence-corrected chi connectivity index (χ1v) is 10.6. The molecule has 164 valence electrons. The Hall–Kier alpha value is -3.16. The first kappa shape index (κ1) is 21.1. The molecule has 2 aromatic rings. The number of anilines is 2. The molecule has 0 N–H and O–H groups in total. The lowest BCUT2D eigenvalue weighted by Crippen LogP contribution is -2.49. The molecule has 2 saturated heterocycles. The molecule has 0 aliphatic carbocycles. The normalized spacial score (nSPS) is 19.0. The Labute approximate surface area is 181 Å². The Balaban J connectivity index is 1.45. The molecular formula is C23H27FN4O3. The molecular weight excluding hydrogens is 399 g/mol. The van der Waals surface area contributed by atoms with Crippen molar-refractivity contribution in [2.75, 3.05) is 42.6 Å². The van der Waals surface area contributed by atoms with Crippen molar-refractivity contribution in [2.24, 2.45) is 0 Å². The Morgan fingerprint density at radius 1 is 1.19 bits per heavy atom. The van der Waals surface area contributed by atoms with Gasteiger partial charge in [-0.2, -0.15) is 0 Å². The average Bonchev–Trinajstić information content (AvgIpc) is 3.14. The third-order valence-electron chi connectivity index (χ3n) is 5.95. The minimum atomic E-state index is -0.629. The number of hydrogen-bond acceptors (Lipinski definition) is 5. The maximum atomic E-state index is 14.9. The van der Waals surface area contributed by atoms with E-state index in [1.165, 1.54) is 17.0 Å². The van der Waals surface area contributed by atoms with Crippen LogP contribution in [0.4, 0.5) is 20.7 Å². The van der Waals surface area contributed by atoms with Gasteiger partial charge in [0.15, 0.2) is 0 Å². The monoisotopic (exact) mass is 426 g/mol. The summed E-state index contributed by atoms with van der Waals surface area (Å²) in [6.45, 7) is 8.54. The zero-order valence-corrected chi connectivity index (χ0v) is 18.1. The fraction of sp³-hybridized carbons (Fsp3) is 0.435. The molecule has 3 heterocycles. The maximum Gasteiger partial charge on any atom is 0.414 e. The van der Waals surface area contributed by atoms with E-state index in [9.17, 15) is 14.0 Å². The van der Waals surface area contributed by atoms with Crippen molar-refractivity contribution in [1.82, 2.24) is 9.88 Å². The van der Waals surface area contributed by atoms with E-state index in [1.54, 1.807) is 11.0 Å². The summed E-state index contributed by atoms with van der Waals surface area (Å²) < 4.78 is 19.9. The predicted octanol–water partition coefficient (Wildman–Crippen LogP) is 3.54. The average molecular weight is 426 g/mol. The van der Waals surface area contributed by atoms with Crippen molar-refractivity contribution in [2.45, 2.75) is 33.2 Å². The molecule has 2 fully saturated rings. The van der Waals surface area contributed by atoms with Crippen molar-refractivity contribution in [3.63, 3.8) is 0 Å². The van der Waals surface area contributed by atoms with Crippen molar-refractivity contribution in [3.05, 3.63) is 53.0 Å². The predicted molar refractivity (Wildman–Crippen MR) is 116 cm³/mol. The number of hydrogen-bond donors (Lipinski definition) is 0. The van der Waals surface area contributed by atoms with Crippen LogP contribution in [0.3, 0.4) is 0 Å². The van der Waals surface area contributed by atoms with E-state index in [0.29, 0.717) is 38.3 Å². The molecule has 0 radical (unpaired) electrons. The lowest BCUT2D eigenvalue weighted by Gasteiger charge is -2.36. The van der Waals surface area contributed by atoms with Gasteiger partial charge in [-0.15, -0.1) is 0 Å². The van der Waals surface area contributed by atoms with Crippen molar-refractivity contribution in [3.8, 4) is 0 Å². The standard InChI is InChI=1S/C23H27FN4O3/c1-4-17-14-31-23(30)28(17)18-5-6-19(20(24)12-18)22(29)27-9-7-26(8-10-27)21-16(3)11-15(2)13-25-21/h5-6,11-13,17H,4,7-10,14H2,1-3H3. The Kier molecular flexibility index (Phi) is 5.80. The molecule has 2 aliphatic rings. The molecule has 31 heavy (non-hydrogen) atoms. The molecule has 2 amide bonds. The van der Waals surface area contributed by atoms with Crippen LogP contribution in [-0.4, -0.2) is 60.7 Å². The largest absolute Gasteiger partial charge is 0.447 e. The smallest absolute Gasteiger partial charge is 0.414 e. The highest BCUT2D eigenvalue weighted by Crippen LogP contribution is 2.27. The van der Waals surface area contributed by atoms with Gasteiger partial charge in [0.2, 0.25) is 0 Å². The summed E-state index contributed by atoms with van der Waals surface area (Å²) >= 11 is 0.